The van der Waals surface area contributed by atoms with Gasteiger partial charge in [-0.25, -0.2) is 13.2 Å². The van der Waals surface area contributed by atoms with Gasteiger partial charge in [0.15, 0.2) is 6.10 Å². The van der Waals surface area contributed by atoms with Crippen molar-refractivity contribution in [1.29, 1.82) is 0 Å². The minimum atomic E-state index is -2.78. The fourth-order valence-electron chi connectivity index (χ4n) is 2.12. The summed E-state index contributed by atoms with van der Waals surface area (Å²) in [5.74, 6) is -2.06. The fourth-order valence-corrected chi connectivity index (χ4v) is 2.12. The summed E-state index contributed by atoms with van der Waals surface area (Å²) in [5, 5.41) is 0. The molecule has 1 amide bonds. The molecular formula is C13H14F3N3O2. The third-order valence-corrected chi connectivity index (χ3v) is 3.30. The molecule has 5 nitrogen and oxygen atoms in total. The lowest BCUT2D eigenvalue weighted by Crippen LogP contribution is -2.47. The summed E-state index contributed by atoms with van der Waals surface area (Å²) in [6.45, 7) is 1.39. The Bertz CT molecular complexity index is 606. The number of amidine groups is 1. The van der Waals surface area contributed by atoms with Gasteiger partial charge < -0.3 is 16.2 Å². The van der Waals surface area contributed by atoms with Gasteiger partial charge in [0.25, 0.3) is 12.3 Å². The zero-order valence-electron chi connectivity index (χ0n) is 11.1. The molecule has 0 aromatic heterocycles. The summed E-state index contributed by atoms with van der Waals surface area (Å²) < 4.78 is 44.1. The molecule has 1 heterocycles. The molecule has 8 heteroatoms. The van der Waals surface area contributed by atoms with Crippen molar-refractivity contribution in [1.82, 2.24) is 0 Å². The molecule has 1 aromatic rings. The molecule has 0 fully saturated rings. The van der Waals surface area contributed by atoms with Crippen LogP contribution in [0.5, 0.6) is 0 Å². The van der Waals surface area contributed by atoms with E-state index < -0.39 is 29.8 Å². The first-order valence-corrected chi connectivity index (χ1v) is 6.09. The summed E-state index contributed by atoms with van der Waals surface area (Å²) >= 11 is 0. The van der Waals surface area contributed by atoms with Crippen LogP contribution in [0.4, 0.5) is 13.2 Å². The third kappa shape index (κ3) is 2.85. The first-order valence-electron chi connectivity index (χ1n) is 6.09. The molecule has 1 aliphatic heterocycles. The number of ether oxygens (including phenoxy) is 1. The Morgan fingerprint density at radius 2 is 2.19 bits per heavy atom. The average Bonchev–Trinajstić information content (AvgIpc) is 2.37. The molecule has 0 radical (unpaired) electrons. The van der Waals surface area contributed by atoms with Crippen molar-refractivity contribution >= 4 is 11.7 Å². The van der Waals surface area contributed by atoms with Crippen molar-refractivity contribution in [3.63, 3.8) is 0 Å². The minimum absolute atomic E-state index is 0.182. The lowest BCUT2D eigenvalue weighted by molar-refractivity contribution is -0.0431. The van der Waals surface area contributed by atoms with E-state index in [0.717, 1.165) is 6.07 Å². The Morgan fingerprint density at radius 3 is 2.67 bits per heavy atom. The Balaban J connectivity index is 2.38. The number of hydrogen-bond acceptors (Lipinski definition) is 4. The van der Waals surface area contributed by atoms with Crippen LogP contribution >= 0.6 is 0 Å². The highest BCUT2D eigenvalue weighted by atomic mass is 19.3. The molecule has 114 valence electrons. The van der Waals surface area contributed by atoms with E-state index in [1.165, 1.54) is 12.1 Å². The Labute approximate surface area is 118 Å². The maximum atomic E-state index is 13.8. The van der Waals surface area contributed by atoms with E-state index in [1.807, 2.05) is 0 Å². The van der Waals surface area contributed by atoms with Crippen LogP contribution in [0.2, 0.25) is 0 Å². The van der Waals surface area contributed by atoms with E-state index in [-0.39, 0.29) is 18.0 Å². The van der Waals surface area contributed by atoms with E-state index in [0.29, 0.717) is 5.56 Å². The Hall–Kier alpha value is -2.09. The number of amides is 1. The van der Waals surface area contributed by atoms with Crippen LogP contribution in [-0.4, -0.2) is 30.9 Å². The van der Waals surface area contributed by atoms with Gasteiger partial charge in [-0.1, -0.05) is 6.07 Å². The number of hydrogen-bond donors (Lipinski definition) is 2. The number of alkyl halides is 2. The van der Waals surface area contributed by atoms with Gasteiger partial charge in [0.2, 0.25) is 0 Å². The highest BCUT2D eigenvalue weighted by Crippen LogP contribution is 2.31. The summed E-state index contributed by atoms with van der Waals surface area (Å²) in [4.78, 5) is 15.0. The van der Waals surface area contributed by atoms with Crippen LogP contribution in [-0.2, 0) is 10.3 Å². The lowest BCUT2D eigenvalue weighted by atomic mass is 9.91. The van der Waals surface area contributed by atoms with Crippen molar-refractivity contribution in [2.75, 3.05) is 6.61 Å². The number of rotatable bonds is 3. The number of nitrogens with two attached hydrogens (primary N) is 2. The second-order valence-corrected chi connectivity index (χ2v) is 4.94. The van der Waals surface area contributed by atoms with Crippen LogP contribution in [0.25, 0.3) is 0 Å². The van der Waals surface area contributed by atoms with Gasteiger partial charge in [0, 0.05) is 0 Å². The number of benzene rings is 1. The van der Waals surface area contributed by atoms with Crippen LogP contribution in [0, 0.1) is 5.82 Å². The molecule has 21 heavy (non-hydrogen) atoms. The van der Waals surface area contributed by atoms with Gasteiger partial charge in [0.05, 0.1) is 12.2 Å². The van der Waals surface area contributed by atoms with Crippen LogP contribution in [0.15, 0.2) is 23.2 Å². The molecule has 0 saturated carbocycles. The minimum Gasteiger partial charge on any atom is -0.385 e. The zero-order valence-corrected chi connectivity index (χ0v) is 11.1. The molecule has 0 aliphatic carbocycles. The van der Waals surface area contributed by atoms with Crippen LogP contribution in [0.1, 0.15) is 22.8 Å². The number of carbonyl (C=O) groups is 1. The average molecular weight is 301 g/mol. The monoisotopic (exact) mass is 301 g/mol. The van der Waals surface area contributed by atoms with Crippen molar-refractivity contribution in [3.8, 4) is 0 Å². The number of nitrogens with zero attached hydrogens (tertiary/aromatic N) is 1. The van der Waals surface area contributed by atoms with Crippen LogP contribution < -0.4 is 11.5 Å². The number of primary amides is 1. The molecule has 2 atom stereocenters. The molecule has 4 N–H and O–H groups in total. The van der Waals surface area contributed by atoms with Crippen molar-refractivity contribution < 1.29 is 22.7 Å². The van der Waals surface area contributed by atoms with E-state index in [4.69, 9.17) is 16.2 Å². The fraction of sp³-hybridized carbons (Fsp3) is 0.385. The first-order chi connectivity index (χ1) is 9.74. The van der Waals surface area contributed by atoms with Crippen molar-refractivity contribution in [2.24, 2.45) is 16.5 Å². The largest absolute Gasteiger partial charge is 0.385 e. The number of aliphatic imine (C=N–C) groups is 1. The number of carbonyl (C=O) groups excluding carboxylic acids is 1. The summed E-state index contributed by atoms with van der Waals surface area (Å²) in [6, 6.07) is 3.72. The van der Waals surface area contributed by atoms with Crippen molar-refractivity contribution in [2.45, 2.75) is 25.0 Å². The Kier molecular flexibility index (Phi) is 3.91. The summed E-state index contributed by atoms with van der Waals surface area (Å²) in [5.41, 5.74) is 9.48. The molecule has 2 unspecified atom stereocenters. The first kappa shape index (κ1) is 15.3. The van der Waals surface area contributed by atoms with E-state index in [1.54, 1.807) is 6.92 Å². The summed E-state index contributed by atoms with van der Waals surface area (Å²) in [6.07, 6.45) is -4.35. The van der Waals surface area contributed by atoms with Crippen LogP contribution in [0.3, 0.4) is 0 Å². The van der Waals surface area contributed by atoms with Gasteiger partial charge in [-0.3, -0.25) is 9.79 Å². The second-order valence-electron chi connectivity index (χ2n) is 4.94. The van der Waals surface area contributed by atoms with Gasteiger partial charge >= 0.3 is 0 Å². The SMILES string of the molecule is CC1(c2ccc(C(N)=O)c(F)c2)COC(C(F)F)C(N)=N1. The lowest BCUT2D eigenvalue weighted by Gasteiger charge is -2.34. The van der Waals surface area contributed by atoms with Gasteiger partial charge in [0.1, 0.15) is 17.2 Å². The normalized spacial score (nSPS) is 25.8. The smallest absolute Gasteiger partial charge is 0.271 e. The molecule has 1 aromatic carbocycles. The molecule has 0 bridgehead atoms. The van der Waals surface area contributed by atoms with Gasteiger partial charge in [-0.15, -0.1) is 0 Å². The highest BCUT2D eigenvalue weighted by molar-refractivity contribution is 5.93. The van der Waals surface area contributed by atoms with E-state index >= 15 is 0 Å². The molecule has 0 spiro atoms. The Morgan fingerprint density at radius 1 is 1.52 bits per heavy atom. The predicted molar refractivity (Wildman–Crippen MR) is 69.6 cm³/mol. The second kappa shape index (κ2) is 5.36. The summed E-state index contributed by atoms with van der Waals surface area (Å²) in [7, 11) is 0. The number of halogens is 3. The van der Waals surface area contributed by atoms with E-state index in [9.17, 15) is 18.0 Å². The molecule has 1 aliphatic rings. The van der Waals surface area contributed by atoms with Gasteiger partial charge in [-0.05, 0) is 24.6 Å². The van der Waals surface area contributed by atoms with Gasteiger partial charge in [-0.2, -0.15) is 0 Å². The quantitative estimate of drug-likeness (QED) is 0.877. The third-order valence-electron chi connectivity index (χ3n) is 3.30. The zero-order chi connectivity index (χ0) is 15.8. The maximum Gasteiger partial charge on any atom is 0.271 e. The predicted octanol–water partition coefficient (Wildman–Crippen LogP) is 1.16. The highest BCUT2D eigenvalue weighted by Gasteiger charge is 2.38. The van der Waals surface area contributed by atoms with E-state index in [2.05, 4.69) is 4.99 Å². The standard InChI is InChI=1S/C13H14F3N3O2/c1-13(5-21-9(10(15)16)11(17)19-13)6-2-3-7(12(18)20)8(14)4-6/h2-4,9-10H,5H2,1H3,(H2,17,19)(H2,18,20). The van der Waals surface area contributed by atoms with Crippen molar-refractivity contribution in [3.05, 3.63) is 35.1 Å². The molecular weight excluding hydrogens is 287 g/mol. The maximum absolute atomic E-state index is 13.8. The molecule has 2 rings (SSSR count). The molecule has 0 saturated heterocycles. The topological polar surface area (TPSA) is 90.7 Å².